The predicted octanol–water partition coefficient (Wildman–Crippen LogP) is 3.30. The molecule has 0 saturated carbocycles. The molecule has 1 aromatic heterocycles. The SMILES string of the molecule is Cl.O=C(Nc1ccccc1)Nc1ccc(C(=O)NC2CCNCC2)s1. The van der Waals surface area contributed by atoms with Crippen LogP contribution in [0.5, 0.6) is 0 Å². The topological polar surface area (TPSA) is 82.3 Å². The molecule has 4 N–H and O–H groups in total. The summed E-state index contributed by atoms with van der Waals surface area (Å²) in [6.45, 7) is 1.86. The van der Waals surface area contributed by atoms with Crippen molar-refractivity contribution in [1.29, 1.82) is 0 Å². The number of carbonyl (C=O) groups excluding carboxylic acids is 2. The fourth-order valence-corrected chi connectivity index (χ4v) is 3.35. The highest BCUT2D eigenvalue weighted by Gasteiger charge is 2.17. The fourth-order valence-electron chi connectivity index (χ4n) is 2.55. The summed E-state index contributed by atoms with van der Waals surface area (Å²) in [6, 6.07) is 12.6. The standard InChI is InChI=1S/C17H20N4O2S.ClH/c22-16(19-13-8-10-18-11-9-13)14-6-7-15(24-14)21-17(23)20-12-4-2-1-3-5-12;/h1-7,13,18H,8-11H2,(H,19,22)(H2,20,21,23);1H. The molecule has 1 saturated heterocycles. The molecule has 0 bridgehead atoms. The zero-order chi connectivity index (χ0) is 16.8. The molecule has 0 spiro atoms. The highest BCUT2D eigenvalue weighted by atomic mass is 35.5. The molecule has 2 aromatic rings. The third-order valence-electron chi connectivity index (χ3n) is 3.77. The van der Waals surface area contributed by atoms with Crippen LogP contribution in [0.4, 0.5) is 15.5 Å². The van der Waals surface area contributed by atoms with Gasteiger partial charge in [-0.3, -0.25) is 10.1 Å². The van der Waals surface area contributed by atoms with Gasteiger partial charge in [0.2, 0.25) is 0 Å². The number of thiophene rings is 1. The Morgan fingerprint density at radius 3 is 2.44 bits per heavy atom. The van der Waals surface area contributed by atoms with E-state index >= 15 is 0 Å². The lowest BCUT2D eigenvalue weighted by atomic mass is 10.1. The number of para-hydroxylation sites is 1. The van der Waals surface area contributed by atoms with E-state index < -0.39 is 0 Å². The Bertz CT molecular complexity index is 702. The molecule has 1 aliphatic heterocycles. The maximum Gasteiger partial charge on any atom is 0.324 e. The second-order valence-electron chi connectivity index (χ2n) is 5.61. The van der Waals surface area contributed by atoms with Crippen LogP contribution in [0.1, 0.15) is 22.5 Å². The average molecular weight is 381 g/mol. The summed E-state index contributed by atoms with van der Waals surface area (Å²) in [5.74, 6) is -0.0802. The van der Waals surface area contributed by atoms with Gasteiger partial charge in [-0.25, -0.2) is 4.79 Å². The largest absolute Gasteiger partial charge is 0.349 e. The Labute approximate surface area is 156 Å². The Morgan fingerprint density at radius 2 is 1.72 bits per heavy atom. The number of rotatable bonds is 4. The van der Waals surface area contributed by atoms with Crippen molar-refractivity contribution in [3.63, 3.8) is 0 Å². The Morgan fingerprint density at radius 1 is 1.00 bits per heavy atom. The Kier molecular flexibility index (Phi) is 7.24. The minimum absolute atomic E-state index is 0. The maximum absolute atomic E-state index is 12.3. The number of hydrogen-bond acceptors (Lipinski definition) is 4. The second kappa shape index (κ2) is 9.41. The van der Waals surface area contributed by atoms with Crippen molar-refractivity contribution in [2.45, 2.75) is 18.9 Å². The number of halogens is 1. The smallest absolute Gasteiger partial charge is 0.324 e. The van der Waals surface area contributed by atoms with Gasteiger partial charge >= 0.3 is 6.03 Å². The highest BCUT2D eigenvalue weighted by Crippen LogP contribution is 2.22. The van der Waals surface area contributed by atoms with E-state index in [9.17, 15) is 9.59 Å². The van der Waals surface area contributed by atoms with Gasteiger partial charge in [0.05, 0.1) is 9.88 Å². The molecule has 1 aliphatic rings. The molecular formula is C17H21ClN4O2S. The number of anilines is 2. The van der Waals surface area contributed by atoms with E-state index in [1.165, 1.54) is 11.3 Å². The summed E-state index contributed by atoms with van der Waals surface area (Å²) in [5, 5.41) is 12.4. The molecular weight excluding hydrogens is 360 g/mol. The van der Waals surface area contributed by atoms with E-state index in [0.717, 1.165) is 31.6 Å². The first-order chi connectivity index (χ1) is 11.7. The quantitative estimate of drug-likeness (QED) is 0.656. The van der Waals surface area contributed by atoms with Gasteiger partial charge in [0, 0.05) is 11.7 Å². The predicted molar refractivity (Wildman–Crippen MR) is 104 cm³/mol. The number of urea groups is 1. The lowest BCUT2D eigenvalue weighted by Gasteiger charge is -2.23. The van der Waals surface area contributed by atoms with Crippen molar-refractivity contribution in [3.8, 4) is 0 Å². The fraction of sp³-hybridized carbons (Fsp3) is 0.294. The maximum atomic E-state index is 12.3. The molecule has 0 atom stereocenters. The molecule has 134 valence electrons. The van der Waals surface area contributed by atoms with Gasteiger partial charge in [-0.15, -0.1) is 23.7 Å². The van der Waals surface area contributed by atoms with Crippen LogP contribution in [0.25, 0.3) is 0 Å². The molecule has 3 amide bonds. The molecule has 0 aliphatic carbocycles. The van der Waals surface area contributed by atoms with E-state index in [1.54, 1.807) is 12.1 Å². The minimum Gasteiger partial charge on any atom is -0.349 e. The van der Waals surface area contributed by atoms with Crippen molar-refractivity contribution >= 4 is 46.4 Å². The molecule has 1 fully saturated rings. The zero-order valence-electron chi connectivity index (χ0n) is 13.6. The monoisotopic (exact) mass is 380 g/mol. The molecule has 25 heavy (non-hydrogen) atoms. The summed E-state index contributed by atoms with van der Waals surface area (Å²) in [6.07, 6.45) is 1.89. The van der Waals surface area contributed by atoms with Crippen LogP contribution in [0.15, 0.2) is 42.5 Å². The average Bonchev–Trinajstić information content (AvgIpc) is 3.05. The van der Waals surface area contributed by atoms with Crippen molar-refractivity contribution in [1.82, 2.24) is 10.6 Å². The summed E-state index contributed by atoms with van der Waals surface area (Å²) < 4.78 is 0. The van der Waals surface area contributed by atoms with Crippen molar-refractivity contribution in [3.05, 3.63) is 47.3 Å². The number of hydrogen-bond donors (Lipinski definition) is 4. The molecule has 2 heterocycles. The highest BCUT2D eigenvalue weighted by molar-refractivity contribution is 7.18. The normalized spacial score (nSPS) is 14.2. The van der Waals surface area contributed by atoms with Gasteiger partial charge in [0.15, 0.2) is 0 Å². The molecule has 0 unspecified atom stereocenters. The van der Waals surface area contributed by atoms with E-state index in [2.05, 4.69) is 21.3 Å². The van der Waals surface area contributed by atoms with Crippen LogP contribution in [0.3, 0.4) is 0 Å². The van der Waals surface area contributed by atoms with Gasteiger partial charge in [-0.05, 0) is 50.2 Å². The number of carbonyl (C=O) groups is 2. The Hall–Kier alpha value is -2.09. The van der Waals surface area contributed by atoms with Crippen LogP contribution in [-0.4, -0.2) is 31.1 Å². The zero-order valence-corrected chi connectivity index (χ0v) is 15.2. The first-order valence-electron chi connectivity index (χ1n) is 7.95. The minimum atomic E-state index is -0.326. The van der Waals surface area contributed by atoms with Crippen LogP contribution in [0, 0.1) is 0 Å². The van der Waals surface area contributed by atoms with E-state index in [0.29, 0.717) is 9.88 Å². The van der Waals surface area contributed by atoms with Crippen LogP contribution in [0.2, 0.25) is 0 Å². The van der Waals surface area contributed by atoms with Gasteiger partial charge < -0.3 is 16.0 Å². The number of amides is 3. The number of benzene rings is 1. The summed E-state index contributed by atoms with van der Waals surface area (Å²) >= 11 is 1.27. The lowest BCUT2D eigenvalue weighted by Crippen LogP contribution is -2.42. The Balaban J connectivity index is 0.00000225. The first-order valence-corrected chi connectivity index (χ1v) is 8.77. The van der Waals surface area contributed by atoms with Crippen LogP contribution < -0.4 is 21.3 Å². The van der Waals surface area contributed by atoms with Gasteiger partial charge in [-0.2, -0.15) is 0 Å². The first kappa shape index (κ1) is 19.2. The second-order valence-corrected chi connectivity index (χ2v) is 6.69. The van der Waals surface area contributed by atoms with Crippen molar-refractivity contribution in [2.24, 2.45) is 0 Å². The van der Waals surface area contributed by atoms with Gasteiger partial charge in [0.25, 0.3) is 5.91 Å². The summed E-state index contributed by atoms with van der Waals surface area (Å²) in [4.78, 5) is 24.8. The van der Waals surface area contributed by atoms with Gasteiger partial charge in [0.1, 0.15) is 0 Å². The van der Waals surface area contributed by atoms with Crippen LogP contribution in [-0.2, 0) is 0 Å². The van der Waals surface area contributed by atoms with Crippen molar-refractivity contribution in [2.75, 3.05) is 23.7 Å². The van der Waals surface area contributed by atoms with E-state index in [4.69, 9.17) is 0 Å². The number of piperidine rings is 1. The molecule has 0 radical (unpaired) electrons. The van der Waals surface area contributed by atoms with E-state index in [1.807, 2.05) is 30.3 Å². The van der Waals surface area contributed by atoms with E-state index in [-0.39, 0.29) is 30.4 Å². The molecule has 8 heteroatoms. The third-order valence-corrected chi connectivity index (χ3v) is 4.77. The molecule has 1 aromatic carbocycles. The van der Waals surface area contributed by atoms with Gasteiger partial charge in [-0.1, -0.05) is 18.2 Å². The van der Waals surface area contributed by atoms with Crippen LogP contribution >= 0.6 is 23.7 Å². The number of nitrogens with one attached hydrogen (secondary N) is 4. The summed E-state index contributed by atoms with van der Waals surface area (Å²) in [5.41, 5.74) is 0.718. The summed E-state index contributed by atoms with van der Waals surface area (Å²) in [7, 11) is 0. The lowest BCUT2D eigenvalue weighted by molar-refractivity contribution is 0.0933. The third kappa shape index (κ3) is 5.74. The molecule has 3 rings (SSSR count). The van der Waals surface area contributed by atoms with Crippen molar-refractivity contribution < 1.29 is 9.59 Å². The molecule has 6 nitrogen and oxygen atoms in total.